The van der Waals surface area contributed by atoms with Gasteiger partial charge in [0, 0.05) is 43.9 Å². The second-order valence-corrected chi connectivity index (χ2v) is 9.49. The molecule has 0 bridgehead atoms. The monoisotopic (exact) mass is 476 g/mol. The summed E-state index contributed by atoms with van der Waals surface area (Å²) in [6.45, 7) is 1.76. The molecule has 2 aromatic carbocycles. The van der Waals surface area contributed by atoms with E-state index >= 15 is 0 Å². The van der Waals surface area contributed by atoms with Crippen LogP contribution in [0.3, 0.4) is 0 Å². The van der Waals surface area contributed by atoms with E-state index in [1.165, 1.54) is 12.5 Å². The lowest BCUT2D eigenvalue weighted by Crippen LogP contribution is -2.52. The van der Waals surface area contributed by atoms with Crippen molar-refractivity contribution in [2.45, 2.75) is 38.5 Å². The number of aromatic amines is 1. The summed E-state index contributed by atoms with van der Waals surface area (Å²) in [5, 5.41) is 7.97. The molecule has 0 unspecified atom stereocenters. The number of H-pyrrole nitrogens is 1. The Balaban J connectivity index is 1.29. The number of rotatable bonds is 4. The van der Waals surface area contributed by atoms with Gasteiger partial charge in [0.2, 0.25) is 5.91 Å². The van der Waals surface area contributed by atoms with Crippen LogP contribution in [0.5, 0.6) is 0 Å². The van der Waals surface area contributed by atoms with E-state index in [0.29, 0.717) is 43.7 Å². The van der Waals surface area contributed by atoms with Crippen LogP contribution in [0.1, 0.15) is 53.7 Å². The molecule has 1 saturated carbocycles. The first kappa shape index (κ1) is 23.2. The van der Waals surface area contributed by atoms with E-state index in [4.69, 9.17) is 0 Å². The Bertz CT molecular complexity index is 1310. The van der Waals surface area contributed by atoms with E-state index < -0.39 is 5.82 Å². The number of carbonyl (C=O) groups is 2. The van der Waals surface area contributed by atoms with E-state index in [1.54, 1.807) is 29.2 Å². The number of fused-ring (bicyclic) bond motifs is 1. The summed E-state index contributed by atoms with van der Waals surface area (Å²) in [4.78, 5) is 41.5. The van der Waals surface area contributed by atoms with E-state index in [2.05, 4.69) is 10.2 Å². The standard InChI is InChI=1S/C27H29FN4O3/c28-23-11-10-18(17-24-20-8-4-5-9-21(20)25(33)30-29-24)16-22(23)27(35)32-14-12-31(13-15-32)26(34)19-6-2-1-3-7-19/h4-5,8-11,16,19H,1-3,6-7,12-15,17H2,(H,30,33). The summed E-state index contributed by atoms with van der Waals surface area (Å²) in [7, 11) is 0. The van der Waals surface area contributed by atoms with Gasteiger partial charge < -0.3 is 9.80 Å². The molecule has 35 heavy (non-hydrogen) atoms. The SMILES string of the molecule is O=C(c1cc(Cc2n[nH]c(=O)c3ccccc23)ccc1F)N1CCN(C(=O)C2CCCCC2)CC1. The lowest BCUT2D eigenvalue weighted by molar-refractivity contribution is -0.138. The Hall–Kier alpha value is -3.55. The van der Waals surface area contributed by atoms with Gasteiger partial charge in [0.25, 0.3) is 11.5 Å². The maximum absolute atomic E-state index is 14.7. The number of aromatic nitrogens is 2. The predicted octanol–water partition coefficient (Wildman–Crippen LogP) is 3.52. The van der Waals surface area contributed by atoms with Crippen molar-refractivity contribution in [1.29, 1.82) is 0 Å². The van der Waals surface area contributed by atoms with E-state index in [-0.39, 0.29) is 28.9 Å². The third-order valence-corrected chi connectivity index (χ3v) is 7.24. The second-order valence-electron chi connectivity index (χ2n) is 9.49. The van der Waals surface area contributed by atoms with Gasteiger partial charge in [-0.25, -0.2) is 9.49 Å². The van der Waals surface area contributed by atoms with Crippen molar-refractivity contribution in [3.8, 4) is 0 Å². The summed E-state index contributed by atoms with van der Waals surface area (Å²) < 4.78 is 14.7. The number of nitrogens with one attached hydrogen (secondary N) is 1. The summed E-state index contributed by atoms with van der Waals surface area (Å²) in [6.07, 6.45) is 5.67. The summed E-state index contributed by atoms with van der Waals surface area (Å²) in [5.41, 5.74) is 1.13. The molecule has 1 aromatic heterocycles. The van der Waals surface area contributed by atoms with Crippen LogP contribution in [0, 0.1) is 11.7 Å². The Labute approximate surface area is 202 Å². The fourth-order valence-corrected chi connectivity index (χ4v) is 5.25. The van der Waals surface area contributed by atoms with Crippen LogP contribution in [-0.2, 0) is 11.2 Å². The summed E-state index contributed by atoms with van der Waals surface area (Å²) >= 11 is 0. The molecule has 0 spiro atoms. The zero-order chi connectivity index (χ0) is 24.4. The van der Waals surface area contributed by atoms with Crippen molar-refractivity contribution in [3.05, 3.63) is 75.5 Å². The van der Waals surface area contributed by atoms with Crippen molar-refractivity contribution in [1.82, 2.24) is 20.0 Å². The number of carbonyl (C=O) groups excluding carboxylic acids is 2. The molecule has 3 aromatic rings. The summed E-state index contributed by atoms with van der Waals surface area (Å²) in [6, 6.07) is 11.7. The predicted molar refractivity (Wildman–Crippen MR) is 131 cm³/mol. The Morgan fingerprint density at radius 1 is 0.943 bits per heavy atom. The molecule has 182 valence electrons. The minimum absolute atomic E-state index is 0.0169. The van der Waals surface area contributed by atoms with Crippen LogP contribution in [0.25, 0.3) is 10.8 Å². The van der Waals surface area contributed by atoms with E-state index in [0.717, 1.165) is 36.6 Å². The van der Waals surface area contributed by atoms with Crippen LogP contribution in [-0.4, -0.2) is 58.0 Å². The Morgan fingerprint density at radius 3 is 2.37 bits per heavy atom. The van der Waals surface area contributed by atoms with Crippen LogP contribution in [0.2, 0.25) is 0 Å². The van der Waals surface area contributed by atoms with Crippen LogP contribution < -0.4 is 5.56 Å². The number of piperazine rings is 1. The number of hydrogen-bond acceptors (Lipinski definition) is 4. The Kier molecular flexibility index (Phi) is 6.61. The van der Waals surface area contributed by atoms with Gasteiger partial charge in [0.1, 0.15) is 5.82 Å². The van der Waals surface area contributed by atoms with Crippen LogP contribution in [0.15, 0.2) is 47.3 Å². The minimum Gasteiger partial charge on any atom is -0.339 e. The molecule has 7 nitrogen and oxygen atoms in total. The first-order valence-corrected chi connectivity index (χ1v) is 12.3. The number of halogens is 1. The van der Waals surface area contributed by atoms with Crippen LogP contribution in [0.4, 0.5) is 4.39 Å². The third-order valence-electron chi connectivity index (χ3n) is 7.24. The molecule has 5 rings (SSSR count). The highest BCUT2D eigenvalue weighted by Crippen LogP contribution is 2.26. The first-order valence-electron chi connectivity index (χ1n) is 12.3. The first-order chi connectivity index (χ1) is 17.0. The fraction of sp³-hybridized carbons (Fsp3) is 0.407. The minimum atomic E-state index is -0.571. The zero-order valence-corrected chi connectivity index (χ0v) is 19.6. The average Bonchev–Trinajstić information content (AvgIpc) is 2.91. The topological polar surface area (TPSA) is 86.4 Å². The van der Waals surface area contributed by atoms with Gasteiger partial charge in [-0.1, -0.05) is 43.5 Å². The number of hydrogen-bond donors (Lipinski definition) is 1. The lowest BCUT2D eigenvalue weighted by atomic mass is 9.88. The molecule has 2 fully saturated rings. The smallest absolute Gasteiger partial charge is 0.272 e. The van der Waals surface area contributed by atoms with E-state index in [9.17, 15) is 18.8 Å². The molecular formula is C27H29FN4O3. The largest absolute Gasteiger partial charge is 0.339 e. The van der Waals surface area contributed by atoms with Crippen molar-refractivity contribution in [2.24, 2.45) is 5.92 Å². The Morgan fingerprint density at radius 2 is 1.63 bits per heavy atom. The van der Waals surface area contributed by atoms with Gasteiger partial charge in [-0.2, -0.15) is 5.10 Å². The zero-order valence-electron chi connectivity index (χ0n) is 19.6. The molecule has 1 aliphatic heterocycles. The fourth-order valence-electron chi connectivity index (χ4n) is 5.25. The van der Waals surface area contributed by atoms with E-state index in [1.807, 2.05) is 17.0 Å². The normalized spacial score (nSPS) is 17.1. The number of amides is 2. The summed E-state index contributed by atoms with van der Waals surface area (Å²) in [5.74, 6) is -0.629. The molecule has 1 aliphatic carbocycles. The molecule has 2 aliphatic rings. The molecule has 2 heterocycles. The van der Waals surface area contributed by atoms with Gasteiger partial charge in [-0.05, 0) is 36.6 Å². The highest BCUT2D eigenvalue weighted by molar-refractivity contribution is 5.95. The van der Waals surface area contributed by atoms with Gasteiger partial charge in [-0.3, -0.25) is 14.4 Å². The number of benzene rings is 2. The van der Waals surface area contributed by atoms with Gasteiger partial charge in [0.05, 0.1) is 16.6 Å². The second kappa shape index (κ2) is 9.98. The lowest BCUT2D eigenvalue weighted by Gasteiger charge is -2.37. The van der Waals surface area contributed by atoms with Crippen LogP contribution >= 0.6 is 0 Å². The van der Waals surface area contributed by atoms with Crippen molar-refractivity contribution in [3.63, 3.8) is 0 Å². The van der Waals surface area contributed by atoms with Crippen molar-refractivity contribution >= 4 is 22.6 Å². The van der Waals surface area contributed by atoms with Gasteiger partial charge in [0.15, 0.2) is 0 Å². The van der Waals surface area contributed by atoms with Crippen molar-refractivity contribution < 1.29 is 14.0 Å². The van der Waals surface area contributed by atoms with Gasteiger partial charge >= 0.3 is 0 Å². The highest BCUT2D eigenvalue weighted by atomic mass is 19.1. The third kappa shape index (κ3) is 4.83. The molecule has 1 N–H and O–H groups in total. The maximum atomic E-state index is 14.7. The highest BCUT2D eigenvalue weighted by Gasteiger charge is 2.30. The molecule has 0 radical (unpaired) electrons. The number of nitrogens with zero attached hydrogens (tertiary/aromatic N) is 3. The van der Waals surface area contributed by atoms with Crippen molar-refractivity contribution in [2.75, 3.05) is 26.2 Å². The average molecular weight is 477 g/mol. The molecular weight excluding hydrogens is 447 g/mol. The molecule has 0 atom stereocenters. The maximum Gasteiger partial charge on any atom is 0.272 e. The molecule has 2 amide bonds. The molecule has 8 heteroatoms. The quantitative estimate of drug-likeness (QED) is 0.624. The van der Waals surface area contributed by atoms with Gasteiger partial charge in [-0.15, -0.1) is 0 Å². The molecule has 1 saturated heterocycles.